The van der Waals surface area contributed by atoms with Gasteiger partial charge in [-0.3, -0.25) is 4.79 Å². The molecule has 3 nitrogen and oxygen atoms in total. The van der Waals surface area contributed by atoms with Crippen LogP contribution < -0.4 is 5.32 Å². The van der Waals surface area contributed by atoms with Crippen molar-refractivity contribution < 1.29 is 4.79 Å². The highest BCUT2D eigenvalue weighted by Gasteiger charge is 2.14. The summed E-state index contributed by atoms with van der Waals surface area (Å²) < 4.78 is 0. The second-order valence-corrected chi connectivity index (χ2v) is 4.03. The zero-order valence-electron chi connectivity index (χ0n) is 8.63. The van der Waals surface area contributed by atoms with Crippen LogP contribution >= 0.6 is 23.2 Å². The molecule has 0 spiro atoms. The molecule has 1 N–H and O–H groups in total. The monoisotopic (exact) mass is 256 g/mol. The first kappa shape index (κ1) is 12.8. The van der Waals surface area contributed by atoms with Gasteiger partial charge in [-0.15, -0.1) is 0 Å². The van der Waals surface area contributed by atoms with Crippen molar-refractivity contribution in [1.29, 1.82) is 5.26 Å². The minimum absolute atomic E-state index is 0.276. The van der Waals surface area contributed by atoms with Gasteiger partial charge in [-0.2, -0.15) is 5.26 Å². The first-order valence-electron chi connectivity index (χ1n) is 4.74. The molecule has 0 radical (unpaired) electrons. The molecule has 0 saturated heterocycles. The van der Waals surface area contributed by atoms with Gasteiger partial charge in [0.1, 0.15) is 6.04 Å². The second kappa shape index (κ2) is 5.74. The maximum absolute atomic E-state index is 11.7. The number of nitrogens with zero attached hydrogens (tertiary/aromatic N) is 1. The standard InChI is InChI=1S/C11H10Cl2N2O/c1-2-8(6-14)15-11(16)9-4-3-7(12)5-10(9)13/h3-5,8H,2H2,1H3,(H,15,16). The van der Waals surface area contributed by atoms with Crippen LogP contribution in [0.4, 0.5) is 0 Å². The van der Waals surface area contributed by atoms with Crippen LogP contribution in [-0.2, 0) is 0 Å². The van der Waals surface area contributed by atoms with E-state index in [-0.39, 0.29) is 10.9 Å². The Balaban J connectivity index is 2.85. The zero-order valence-corrected chi connectivity index (χ0v) is 10.1. The van der Waals surface area contributed by atoms with E-state index in [0.717, 1.165) is 0 Å². The predicted octanol–water partition coefficient (Wildman–Crippen LogP) is 3.03. The van der Waals surface area contributed by atoms with E-state index in [1.165, 1.54) is 12.1 Å². The summed E-state index contributed by atoms with van der Waals surface area (Å²) in [5.41, 5.74) is 0.319. The van der Waals surface area contributed by atoms with Crippen molar-refractivity contribution in [2.45, 2.75) is 19.4 Å². The summed E-state index contributed by atoms with van der Waals surface area (Å²) in [5, 5.41) is 12.0. The van der Waals surface area contributed by atoms with Crippen molar-refractivity contribution in [2.75, 3.05) is 0 Å². The summed E-state index contributed by atoms with van der Waals surface area (Å²) in [6.45, 7) is 1.82. The molecule has 1 amide bonds. The largest absolute Gasteiger partial charge is 0.336 e. The number of nitriles is 1. The molecule has 0 aromatic heterocycles. The third-order valence-electron chi connectivity index (χ3n) is 2.05. The Bertz CT molecular complexity index is 440. The number of halogens is 2. The molecule has 1 aromatic rings. The van der Waals surface area contributed by atoms with Gasteiger partial charge in [-0.05, 0) is 24.6 Å². The second-order valence-electron chi connectivity index (χ2n) is 3.19. The van der Waals surface area contributed by atoms with Crippen LogP contribution in [0, 0.1) is 11.3 Å². The summed E-state index contributed by atoms with van der Waals surface area (Å²) in [4.78, 5) is 11.7. The van der Waals surface area contributed by atoms with Crippen LogP contribution in [0.25, 0.3) is 0 Å². The molecule has 1 atom stereocenters. The Morgan fingerprint density at radius 2 is 2.25 bits per heavy atom. The fraction of sp³-hybridized carbons (Fsp3) is 0.273. The van der Waals surface area contributed by atoms with Crippen LogP contribution in [0.3, 0.4) is 0 Å². The molecular formula is C11H10Cl2N2O. The minimum atomic E-state index is -0.501. The van der Waals surface area contributed by atoms with Gasteiger partial charge >= 0.3 is 0 Å². The topological polar surface area (TPSA) is 52.9 Å². The van der Waals surface area contributed by atoms with Crippen LogP contribution in [0.15, 0.2) is 18.2 Å². The smallest absolute Gasteiger partial charge is 0.253 e. The van der Waals surface area contributed by atoms with Crippen LogP contribution in [0.2, 0.25) is 10.0 Å². The number of nitrogens with one attached hydrogen (secondary N) is 1. The number of rotatable bonds is 3. The molecule has 1 rings (SSSR count). The maximum atomic E-state index is 11.7. The fourth-order valence-electron chi connectivity index (χ4n) is 1.14. The zero-order chi connectivity index (χ0) is 12.1. The van der Waals surface area contributed by atoms with E-state index in [1.54, 1.807) is 6.07 Å². The molecule has 0 aliphatic carbocycles. The lowest BCUT2D eigenvalue weighted by Crippen LogP contribution is -2.33. The molecule has 5 heteroatoms. The summed E-state index contributed by atoms with van der Waals surface area (Å²) in [6, 6.07) is 6.08. The lowest BCUT2D eigenvalue weighted by molar-refractivity contribution is 0.0945. The molecule has 0 bridgehead atoms. The lowest BCUT2D eigenvalue weighted by Gasteiger charge is -2.10. The number of amides is 1. The summed E-state index contributed by atoms with van der Waals surface area (Å²) in [7, 11) is 0. The SMILES string of the molecule is CCC(C#N)NC(=O)c1ccc(Cl)cc1Cl. The molecule has 1 aromatic carbocycles. The third kappa shape index (κ3) is 3.13. The number of hydrogen-bond donors (Lipinski definition) is 1. The Labute approximate surface area is 104 Å². The van der Waals surface area contributed by atoms with E-state index in [4.69, 9.17) is 28.5 Å². The summed E-state index contributed by atoms with van der Waals surface area (Å²) in [6.07, 6.45) is 0.549. The molecule has 0 saturated carbocycles. The van der Waals surface area contributed by atoms with Gasteiger partial charge in [0.2, 0.25) is 0 Å². The van der Waals surface area contributed by atoms with E-state index in [1.807, 2.05) is 13.0 Å². The summed E-state index contributed by atoms with van der Waals surface area (Å²) >= 11 is 11.6. The Kier molecular flexibility index (Phi) is 4.60. The number of carbonyl (C=O) groups is 1. The highest BCUT2D eigenvalue weighted by Crippen LogP contribution is 2.20. The molecule has 16 heavy (non-hydrogen) atoms. The van der Waals surface area contributed by atoms with Crippen molar-refractivity contribution in [3.63, 3.8) is 0 Å². The predicted molar refractivity (Wildman–Crippen MR) is 63.6 cm³/mol. The van der Waals surface area contributed by atoms with Crippen molar-refractivity contribution in [1.82, 2.24) is 5.32 Å². The van der Waals surface area contributed by atoms with Gasteiger partial charge in [0.25, 0.3) is 5.91 Å². The molecule has 0 heterocycles. The van der Waals surface area contributed by atoms with Gasteiger partial charge in [0, 0.05) is 5.02 Å². The highest BCUT2D eigenvalue weighted by atomic mass is 35.5. The van der Waals surface area contributed by atoms with E-state index < -0.39 is 6.04 Å². The molecule has 84 valence electrons. The lowest BCUT2D eigenvalue weighted by atomic mass is 10.2. The normalized spacial score (nSPS) is 11.6. The maximum Gasteiger partial charge on any atom is 0.253 e. The van der Waals surface area contributed by atoms with Crippen LogP contribution in [-0.4, -0.2) is 11.9 Å². The number of hydrogen-bond acceptors (Lipinski definition) is 2. The fourth-order valence-corrected chi connectivity index (χ4v) is 1.63. The van der Waals surface area contributed by atoms with Gasteiger partial charge in [0.15, 0.2) is 0 Å². The Hall–Kier alpha value is -1.24. The van der Waals surface area contributed by atoms with E-state index in [0.29, 0.717) is 17.0 Å². The average molecular weight is 257 g/mol. The van der Waals surface area contributed by atoms with Crippen molar-refractivity contribution >= 4 is 29.1 Å². The van der Waals surface area contributed by atoms with Gasteiger partial charge in [-0.25, -0.2) is 0 Å². The molecular weight excluding hydrogens is 247 g/mol. The molecule has 0 aliphatic rings. The molecule has 0 fully saturated rings. The third-order valence-corrected chi connectivity index (χ3v) is 2.59. The van der Waals surface area contributed by atoms with Crippen molar-refractivity contribution in [3.05, 3.63) is 33.8 Å². The quantitative estimate of drug-likeness (QED) is 0.904. The van der Waals surface area contributed by atoms with E-state index in [2.05, 4.69) is 5.32 Å². The van der Waals surface area contributed by atoms with Gasteiger partial charge < -0.3 is 5.32 Å². The van der Waals surface area contributed by atoms with Crippen molar-refractivity contribution in [3.8, 4) is 6.07 Å². The number of carbonyl (C=O) groups excluding carboxylic acids is 1. The average Bonchev–Trinajstić information content (AvgIpc) is 2.25. The number of benzene rings is 1. The first-order chi connectivity index (χ1) is 7.58. The Morgan fingerprint density at radius 3 is 2.75 bits per heavy atom. The van der Waals surface area contributed by atoms with Gasteiger partial charge in [0.05, 0.1) is 16.7 Å². The van der Waals surface area contributed by atoms with Crippen molar-refractivity contribution in [2.24, 2.45) is 0 Å². The first-order valence-corrected chi connectivity index (χ1v) is 5.49. The van der Waals surface area contributed by atoms with E-state index in [9.17, 15) is 4.79 Å². The van der Waals surface area contributed by atoms with Crippen LogP contribution in [0.1, 0.15) is 23.7 Å². The summed E-state index contributed by atoms with van der Waals surface area (Å²) in [5.74, 6) is -0.366. The Morgan fingerprint density at radius 1 is 1.56 bits per heavy atom. The van der Waals surface area contributed by atoms with Crippen LogP contribution in [0.5, 0.6) is 0 Å². The van der Waals surface area contributed by atoms with E-state index >= 15 is 0 Å². The highest BCUT2D eigenvalue weighted by molar-refractivity contribution is 6.36. The molecule has 0 aliphatic heterocycles. The molecule has 1 unspecified atom stereocenters. The van der Waals surface area contributed by atoms with Gasteiger partial charge in [-0.1, -0.05) is 30.1 Å². The minimum Gasteiger partial charge on any atom is -0.336 e.